The standard InChI is InChI=1S/C13H24N4O/c1-9-6-11(18-5)17-12(16-9)15-8-10(14)7-13(2,3)4/h6,10H,7-8,14H2,1-5H3,(H,15,16,17). The summed E-state index contributed by atoms with van der Waals surface area (Å²) in [5, 5.41) is 3.16. The third kappa shape index (κ3) is 5.31. The van der Waals surface area contributed by atoms with Gasteiger partial charge in [-0.3, -0.25) is 0 Å². The molecular formula is C13H24N4O. The van der Waals surface area contributed by atoms with Crippen LogP contribution in [0, 0.1) is 12.3 Å². The zero-order valence-electron chi connectivity index (χ0n) is 11.9. The molecule has 0 aliphatic carbocycles. The van der Waals surface area contributed by atoms with Gasteiger partial charge in [0.15, 0.2) is 0 Å². The zero-order valence-corrected chi connectivity index (χ0v) is 11.9. The second-order valence-electron chi connectivity index (χ2n) is 5.78. The first-order valence-electron chi connectivity index (χ1n) is 6.19. The molecule has 0 saturated heterocycles. The molecule has 5 nitrogen and oxygen atoms in total. The third-order valence-electron chi connectivity index (χ3n) is 2.44. The van der Waals surface area contributed by atoms with E-state index in [-0.39, 0.29) is 11.5 Å². The number of ether oxygens (including phenoxy) is 1. The van der Waals surface area contributed by atoms with Crippen LogP contribution >= 0.6 is 0 Å². The van der Waals surface area contributed by atoms with E-state index in [0.29, 0.717) is 18.4 Å². The number of anilines is 1. The maximum absolute atomic E-state index is 6.07. The first-order valence-corrected chi connectivity index (χ1v) is 6.19. The fourth-order valence-electron chi connectivity index (χ4n) is 1.80. The van der Waals surface area contributed by atoms with Gasteiger partial charge < -0.3 is 15.8 Å². The monoisotopic (exact) mass is 252 g/mol. The number of nitrogens with zero attached hydrogens (tertiary/aromatic N) is 2. The zero-order chi connectivity index (χ0) is 13.8. The first-order chi connectivity index (χ1) is 8.30. The van der Waals surface area contributed by atoms with Crippen LogP contribution in [-0.2, 0) is 0 Å². The normalized spacial score (nSPS) is 13.2. The number of methoxy groups -OCH3 is 1. The molecule has 5 heteroatoms. The number of hydrogen-bond donors (Lipinski definition) is 2. The number of aryl methyl sites for hydroxylation is 1. The molecule has 1 atom stereocenters. The summed E-state index contributed by atoms with van der Waals surface area (Å²) in [6.45, 7) is 9.10. The summed E-state index contributed by atoms with van der Waals surface area (Å²) in [5.74, 6) is 1.13. The Kier molecular flexibility index (Phi) is 4.90. The van der Waals surface area contributed by atoms with Crippen molar-refractivity contribution in [2.75, 3.05) is 19.0 Å². The Morgan fingerprint density at radius 3 is 2.61 bits per heavy atom. The number of aromatic nitrogens is 2. The van der Waals surface area contributed by atoms with Crippen LogP contribution in [0.1, 0.15) is 32.9 Å². The molecule has 0 aliphatic rings. The van der Waals surface area contributed by atoms with Gasteiger partial charge in [-0.1, -0.05) is 20.8 Å². The summed E-state index contributed by atoms with van der Waals surface area (Å²) >= 11 is 0. The van der Waals surface area contributed by atoms with Crippen LogP contribution in [0.25, 0.3) is 0 Å². The molecule has 102 valence electrons. The lowest BCUT2D eigenvalue weighted by Gasteiger charge is -2.23. The predicted octanol–water partition coefficient (Wildman–Crippen LogP) is 1.97. The summed E-state index contributed by atoms with van der Waals surface area (Å²) in [5.41, 5.74) is 7.16. The van der Waals surface area contributed by atoms with E-state index in [1.54, 1.807) is 13.2 Å². The number of nitrogens with two attached hydrogens (primary N) is 1. The van der Waals surface area contributed by atoms with Crippen LogP contribution in [0.15, 0.2) is 6.07 Å². The summed E-state index contributed by atoms with van der Waals surface area (Å²) in [7, 11) is 1.59. The topological polar surface area (TPSA) is 73.1 Å². The van der Waals surface area contributed by atoms with Crippen molar-refractivity contribution in [3.8, 4) is 5.88 Å². The van der Waals surface area contributed by atoms with E-state index in [9.17, 15) is 0 Å². The number of rotatable bonds is 5. The highest BCUT2D eigenvalue weighted by molar-refractivity contribution is 5.30. The summed E-state index contributed by atoms with van der Waals surface area (Å²) in [6.07, 6.45) is 0.947. The molecule has 0 bridgehead atoms. The van der Waals surface area contributed by atoms with Gasteiger partial charge in [0.25, 0.3) is 0 Å². The molecule has 1 rings (SSSR count). The molecule has 1 unspecified atom stereocenters. The van der Waals surface area contributed by atoms with Crippen molar-refractivity contribution in [3.05, 3.63) is 11.8 Å². The molecule has 0 aliphatic heterocycles. The van der Waals surface area contributed by atoms with Crippen molar-refractivity contribution in [1.82, 2.24) is 9.97 Å². The maximum atomic E-state index is 6.07. The number of hydrogen-bond acceptors (Lipinski definition) is 5. The smallest absolute Gasteiger partial charge is 0.226 e. The fourth-order valence-corrected chi connectivity index (χ4v) is 1.80. The minimum atomic E-state index is 0.0834. The van der Waals surface area contributed by atoms with Crippen LogP contribution in [-0.4, -0.2) is 29.7 Å². The van der Waals surface area contributed by atoms with Crippen LogP contribution < -0.4 is 15.8 Å². The highest BCUT2D eigenvalue weighted by Crippen LogP contribution is 2.20. The van der Waals surface area contributed by atoms with Gasteiger partial charge in [-0.15, -0.1) is 0 Å². The second kappa shape index (κ2) is 6.00. The van der Waals surface area contributed by atoms with Gasteiger partial charge in [0, 0.05) is 24.3 Å². The van der Waals surface area contributed by atoms with Crippen LogP contribution in [0.4, 0.5) is 5.95 Å². The quantitative estimate of drug-likeness (QED) is 0.838. The molecular weight excluding hydrogens is 228 g/mol. The molecule has 0 aromatic carbocycles. The maximum Gasteiger partial charge on any atom is 0.226 e. The van der Waals surface area contributed by atoms with E-state index in [1.807, 2.05) is 6.92 Å². The molecule has 1 aromatic heterocycles. The molecule has 0 spiro atoms. The highest BCUT2D eigenvalue weighted by Gasteiger charge is 2.15. The van der Waals surface area contributed by atoms with Gasteiger partial charge in [-0.2, -0.15) is 4.98 Å². The average Bonchev–Trinajstić information content (AvgIpc) is 2.23. The summed E-state index contributed by atoms with van der Waals surface area (Å²) in [4.78, 5) is 8.51. The van der Waals surface area contributed by atoms with Gasteiger partial charge in [-0.25, -0.2) is 4.98 Å². The average molecular weight is 252 g/mol. The Labute approximate surface area is 109 Å². The Balaban J connectivity index is 2.55. The minimum absolute atomic E-state index is 0.0834. The molecule has 0 saturated carbocycles. The summed E-state index contributed by atoms with van der Waals surface area (Å²) < 4.78 is 5.10. The van der Waals surface area contributed by atoms with E-state index in [4.69, 9.17) is 10.5 Å². The number of nitrogens with one attached hydrogen (secondary N) is 1. The van der Waals surface area contributed by atoms with E-state index < -0.39 is 0 Å². The minimum Gasteiger partial charge on any atom is -0.481 e. The van der Waals surface area contributed by atoms with Gasteiger partial charge in [-0.05, 0) is 18.8 Å². The molecule has 18 heavy (non-hydrogen) atoms. The second-order valence-corrected chi connectivity index (χ2v) is 5.78. The Hall–Kier alpha value is -1.36. The lowest BCUT2D eigenvalue weighted by molar-refractivity contribution is 0.344. The van der Waals surface area contributed by atoms with Gasteiger partial charge in [0.05, 0.1) is 7.11 Å². The third-order valence-corrected chi connectivity index (χ3v) is 2.44. The Morgan fingerprint density at radius 2 is 2.06 bits per heavy atom. The first kappa shape index (κ1) is 14.7. The Morgan fingerprint density at radius 1 is 1.39 bits per heavy atom. The predicted molar refractivity (Wildman–Crippen MR) is 73.9 cm³/mol. The molecule has 0 radical (unpaired) electrons. The van der Waals surface area contributed by atoms with Crippen LogP contribution in [0.5, 0.6) is 5.88 Å². The van der Waals surface area contributed by atoms with Crippen molar-refractivity contribution in [2.24, 2.45) is 11.1 Å². The van der Waals surface area contributed by atoms with Crippen molar-refractivity contribution in [3.63, 3.8) is 0 Å². The highest BCUT2D eigenvalue weighted by atomic mass is 16.5. The molecule has 3 N–H and O–H groups in total. The SMILES string of the molecule is COc1cc(C)nc(NCC(N)CC(C)(C)C)n1. The van der Waals surface area contributed by atoms with Gasteiger partial charge in [0.1, 0.15) is 0 Å². The van der Waals surface area contributed by atoms with Crippen molar-refractivity contribution < 1.29 is 4.74 Å². The van der Waals surface area contributed by atoms with Crippen LogP contribution in [0.2, 0.25) is 0 Å². The van der Waals surface area contributed by atoms with Crippen LogP contribution in [0.3, 0.4) is 0 Å². The largest absolute Gasteiger partial charge is 0.481 e. The fraction of sp³-hybridized carbons (Fsp3) is 0.692. The van der Waals surface area contributed by atoms with E-state index >= 15 is 0 Å². The van der Waals surface area contributed by atoms with Gasteiger partial charge >= 0.3 is 0 Å². The van der Waals surface area contributed by atoms with E-state index in [2.05, 4.69) is 36.1 Å². The molecule has 0 amide bonds. The Bertz CT molecular complexity index is 387. The van der Waals surface area contributed by atoms with Crippen molar-refractivity contribution in [2.45, 2.75) is 40.2 Å². The molecule has 0 fully saturated rings. The molecule has 1 heterocycles. The lowest BCUT2D eigenvalue weighted by atomic mass is 9.88. The van der Waals surface area contributed by atoms with Crippen molar-refractivity contribution >= 4 is 5.95 Å². The summed E-state index contributed by atoms with van der Waals surface area (Å²) in [6, 6.07) is 1.88. The van der Waals surface area contributed by atoms with Gasteiger partial charge in [0.2, 0.25) is 11.8 Å². The van der Waals surface area contributed by atoms with E-state index in [1.165, 1.54) is 0 Å². The lowest BCUT2D eigenvalue weighted by Crippen LogP contribution is -2.33. The molecule has 1 aromatic rings. The van der Waals surface area contributed by atoms with Crippen molar-refractivity contribution in [1.29, 1.82) is 0 Å². The van der Waals surface area contributed by atoms with E-state index in [0.717, 1.165) is 12.1 Å².